The summed E-state index contributed by atoms with van der Waals surface area (Å²) in [5.74, 6) is -0.691. The number of rotatable bonds is 4. The molecular formula is C18H12N2O6S. The van der Waals surface area contributed by atoms with E-state index in [4.69, 9.17) is 9.15 Å². The summed E-state index contributed by atoms with van der Waals surface area (Å²) in [5.41, 5.74) is -0.313. The van der Waals surface area contributed by atoms with Crippen LogP contribution in [0.5, 0.6) is 5.75 Å². The second-order valence-electron chi connectivity index (χ2n) is 5.75. The first kappa shape index (κ1) is 17.0. The molecular weight excluding hydrogens is 372 g/mol. The van der Waals surface area contributed by atoms with Gasteiger partial charge in [-0.25, -0.2) is 9.78 Å². The van der Waals surface area contributed by atoms with E-state index in [9.17, 15) is 19.5 Å². The summed E-state index contributed by atoms with van der Waals surface area (Å²) in [5, 5.41) is 12.2. The molecule has 27 heavy (non-hydrogen) atoms. The first-order chi connectivity index (χ1) is 13.0. The number of fused-ring (bicyclic) bond motifs is 2. The maximum absolute atomic E-state index is 12.3. The highest BCUT2D eigenvalue weighted by Gasteiger charge is 2.12. The number of phenolic OH excluding ortho intramolecular Hbond substituents is 1. The normalized spacial score (nSPS) is 11.1. The highest BCUT2D eigenvalue weighted by molar-refractivity contribution is 7.16. The van der Waals surface area contributed by atoms with Crippen molar-refractivity contribution in [3.8, 4) is 5.75 Å². The van der Waals surface area contributed by atoms with E-state index in [2.05, 4.69) is 4.98 Å². The lowest BCUT2D eigenvalue weighted by atomic mass is 10.1. The van der Waals surface area contributed by atoms with Gasteiger partial charge < -0.3 is 14.3 Å². The van der Waals surface area contributed by atoms with Crippen LogP contribution in [0.1, 0.15) is 5.56 Å². The Morgan fingerprint density at radius 3 is 2.93 bits per heavy atom. The lowest BCUT2D eigenvalue weighted by Gasteiger charge is -2.08. The number of hydrogen-bond donors (Lipinski definition) is 1. The van der Waals surface area contributed by atoms with Gasteiger partial charge in [-0.2, -0.15) is 0 Å². The molecule has 4 aromatic rings. The molecule has 0 spiro atoms. The quantitative estimate of drug-likeness (QED) is 0.423. The molecule has 0 aliphatic carbocycles. The molecule has 9 heteroatoms. The van der Waals surface area contributed by atoms with Crippen LogP contribution in [-0.2, 0) is 22.7 Å². The summed E-state index contributed by atoms with van der Waals surface area (Å²) in [4.78, 5) is 40.8. The smallest absolute Gasteiger partial charge is 0.336 e. The van der Waals surface area contributed by atoms with Crippen molar-refractivity contribution < 1.29 is 19.1 Å². The van der Waals surface area contributed by atoms with Crippen molar-refractivity contribution >= 4 is 38.5 Å². The number of ether oxygens (including phenoxy) is 1. The number of phenols is 1. The summed E-state index contributed by atoms with van der Waals surface area (Å²) in [6, 6.07) is 7.19. The number of carbonyl (C=O) groups excluding carboxylic acids is 1. The van der Waals surface area contributed by atoms with E-state index in [1.54, 1.807) is 17.5 Å². The van der Waals surface area contributed by atoms with Gasteiger partial charge in [-0.15, -0.1) is 11.3 Å². The third kappa shape index (κ3) is 3.32. The Hall–Kier alpha value is -3.46. The van der Waals surface area contributed by atoms with Crippen LogP contribution in [0, 0.1) is 0 Å². The van der Waals surface area contributed by atoms with Gasteiger partial charge in [-0.1, -0.05) is 0 Å². The van der Waals surface area contributed by atoms with E-state index >= 15 is 0 Å². The van der Waals surface area contributed by atoms with Gasteiger partial charge in [0.1, 0.15) is 29.3 Å². The highest BCUT2D eigenvalue weighted by Crippen LogP contribution is 2.22. The minimum absolute atomic E-state index is 0.0458. The SMILES string of the molecule is O=C(Cn1cnc2sccc2c1=O)OCc1cc(=O)oc2cc(O)ccc12. The molecule has 0 atom stereocenters. The molecule has 3 aromatic heterocycles. The Morgan fingerprint density at radius 1 is 1.22 bits per heavy atom. The molecule has 3 heterocycles. The zero-order valence-corrected chi connectivity index (χ0v) is 14.6. The number of benzene rings is 1. The maximum atomic E-state index is 12.3. The Kier molecular flexibility index (Phi) is 4.21. The minimum Gasteiger partial charge on any atom is -0.508 e. The van der Waals surface area contributed by atoms with Crippen molar-refractivity contribution in [1.82, 2.24) is 9.55 Å². The van der Waals surface area contributed by atoms with Gasteiger partial charge in [0.2, 0.25) is 0 Å². The maximum Gasteiger partial charge on any atom is 0.336 e. The van der Waals surface area contributed by atoms with Gasteiger partial charge >= 0.3 is 11.6 Å². The molecule has 0 aliphatic rings. The van der Waals surface area contributed by atoms with Gasteiger partial charge in [0.15, 0.2) is 0 Å². The van der Waals surface area contributed by atoms with Gasteiger partial charge in [0.25, 0.3) is 5.56 Å². The number of aromatic hydroxyl groups is 1. The molecule has 0 unspecified atom stereocenters. The van der Waals surface area contributed by atoms with Gasteiger partial charge in [0, 0.05) is 23.1 Å². The Labute approximate surface area is 154 Å². The van der Waals surface area contributed by atoms with Gasteiger partial charge in [0.05, 0.1) is 11.7 Å². The molecule has 0 aliphatic heterocycles. The molecule has 0 bridgehead atoms. The van der Waals surface area contributed by atoms with E-state index in [0.29, 0.717) is 21.2 Å². The van der Waals surface area contributed by atoms with Crippen molar-refractivity contribution in [3.05, 3.63) is 68.4 Å². The Balaban J connectivity index is 1.54. The second kappa shape index (κ2) is 6.69. The summed E-state index contributed by atoms with van der Waals surface area (Å²) in [7, 11) is 0. The van der Waals surface area contributed by atoms with Crippen molar-refractivity contribution in [2.75, 3.05) is 0 Å². The van der Waals surface area contributed by atoms with Crippen LogP contribution in [0.25, 0.3) is 21.2 Å². The molecule has 136 valence electrons. The summed E-state index contributed by atoms with van der Waals surface area (Å²) in [6.45, 7) is -0.466. The van der Waals surface area contributed by atoms with Crippen molar-refractivity contribution in [1.29, 1.82) is 0 Å². The predicted octanol–water partition coefficient (Wildman–Crippen LogP) is 2.01. The average Bonchev–Trinajstić information content (AvgIpc) is 3.11. The molecule has 0 saturated carbocycles. The van der Waals surface area contributed by atoms with Crippen LogP contribution in [0.15, 0.2) is 56.0 Å². The average molecular weight is 384 g/mol. The van der Waals surface area contributed by atoms with Gasteiger partial charge in [-0.3, -0.25) is 14.2 Å². The number of esters is 1. The van der Waals surface area contributed by atoms with Crippen LogP contribution in [-0.4, -0.2) is 20.6 Å². The molecule has 1 aromatic carbocycles. The van der Waals surface area contributed by atoms with Crippen LogP contribution >= 0.6 is 11.3 Å². The molecule has 0 radical (unpaired) electrons. The van der Waals surface area contributed by atoms with E-state index in [1.807, 2.05) is 0 Å². The number of hydrogen-bond acceptors (Lipinski definition) is 8. The largest absolute Gasteiger partial charge is 0.508 e. The van der Waals surface area contributed by atoms with Crippen LogP contribution in [0.3, 0.4) is 0 Å². The zero-order chi connectivity index (χ0) is 19.0. The van der Waals surface area contributed by atoms with Crippen molar-refractivity contribution in [2.45, 2.75) is 13.2 Å². The Bertz CT molecular complexity index is 1290. The molecule has 4 rings (SSSR count). The fraction of sp³-hybridized carbons (Fsp3) is 0.111. The molecule has 0 amide bonds. The minimum atomic E-state index is -0.645. The standard InChI is InChI=1S/C18H12N2O6S/c21-11-1-2-12-10(5-15(22)26-14(12)6-11)8-25-16(23)7-20-9-19-17-13(18(20)24)3-4-27-17/h1-6,9,21H,7-8H2. The first-order valence-corrected chi connectivity index (χ1v) is 8.73. The number of thiophene rings is 1. The third-order valence-electron chi connectivity index (χ3n) is 3.95. The lowest BCUT2D eigenvalue weighted by molar-refractivity contribution is -0.145. The topological polar surface area (TPSA) is 112 Å². The summed E-state index contributed by atoms with van der Waals surface area (Å²) >= 11 is 1.34. The molecule has 1 N–H and O–H groups in total. The highest BCUT2D eigenvalue weighted by atomic mass is 32.1. The molecule has 0 saturated heterocycles. The van der Waals surface area contributed by atoms with Gasteiger partial charge in [-0.05, 0) is 23.6 Å². The number of nitrogens with zero attached hydrogens (tertiary/aromatic N) is 2. The van der Waals surface area contributed by atoms with Crippen LogP contribution in [0.2, 0.25) is 0 Å². The van der Waals surface area contributed by atoms with E-state index in [1.165, 1.54) is 40.4 Å². The molecule has 0 fully saturated rings. The van der Waals surface area contributed by atoms with Crippen LogP contribution in [0.4, 0.5) is 0 Å². The van der Waals surface area contributed by atoms with E-state index < -0.39 is 11.6 Å². The number of aromatic nitrogens is 2. The van der Waals surface area contributed by atoms with E-state index in [-0.39, 0.29) is 30.0 Å². The van der Waals surface area contributed by atoms with Crippen molar-refractivity contribution in [3.63, 3.8) is 0 Å². The zero-order valence-electron chi connectivity index (χ0n) is 13.7. The fourth-order valence-corrected chi connectivity index (χ4v) is 3.41. The lowest BCUT2D eigenvalue weighted by Crippen LogP contribution is -2.25. The van der Waals surface area contributed by atoms with Crippen molar-refractivity contribution in [2.24, 2.45) is 0 Å². The van der Waals surface area contributed by atoms with E-state index in [0.717, 1.165) is 0 Å². The Morgan fingerprint density at radius 2 is 2.07 bits per heavy atom. The predicted molar refractivity (Wildman–Crippen MR) is 97.8 cm³/mol. The second-order valence-corrected chi connectivity index (χ2v) is 6.64. The number of carbonyl (C=O) groups is 1. The third-order valence-corrected chi connectivity index (χ3v) is 4.77. The fourth-order valence-electron chi connectivity index (χ4n) is 2.69. The monoisotopic (exact) mass is 384 g/mol. The first-order valence-electron chi connectivity index (χ1n) is 7.85. The molecule has 8 nitrogen and oxygen atoms in total. The summed E-state index contributed by atoms with van der Waals surface area (Å²) < 4.78 is 11.4. The summed E-state index contributed by atoms with van der Waals surface area (Å²) in [6.07, 6.45) is 1.30. The van der Waals surface area contributed by atoms with Crippen LogP contribution < -0.4 is 11.2 Å².